The van der Waals surface area contributed by atoms with Crippen molar-refractivity contribution in [1.82, 2.24) is 4.98 Å². The lowest BCUT2D eigenvalue weighted by molar-refractivity contribution is 1.19. The summed E-state index contributed by atoms with van der Waals surface area (Å²) in [5.41, 5.74) is 1.07. The highest BCUT2D eigenvalue weighted by Gasteiger charge is 1.96. The van der Waals surface area contributed by atoms with Crippen molar-refractivity contribution in [3.8, 4) is 12.3 Å². The van der Waals surface area contributed by atoms with E-state index in [1.165, 1.54) is 0 Å². The quantitative estimate of drug-likeness (QED) is 0.518. The first-order valence-electron chi connectivity index (χ1n) is 2.90. The topological polar surface area (TPSA) is 32.9 Å². The van der Waals surface area contributed by atoms with E-state index in [2.05, 4.69) is 10.9 Å². The van der Waals surface area contributed by atoms with Crippen molar-refractivity contribution in [3.63, 3.8) is 0 Å². The van der Waals surface area contributed by atoms with Crippen LogP contribution in [0.3, 0.4) is 0 Å². The zero-order valence-corrected chi connectivity index (χ0v) is 5.64. The van der Waals surface area contributed by atoms with Crippen LogP contribution < -0.4 is 5.56 Å². The molecule has 0 atom stereocenters. The Morgan fingerprint density at radius 1 is 1.70 bits per heavy atom. The Bertz CT molecular complexity index is 330. The number of aromatic nitrogens is 1. The molecule has 0 saturated carbocycles. The van der Waals surface area contributed by atoms with Gasteiger partial charge in [-0.3, -0.25) is 4.79 Å². The number of hydrogen-bond acceptors (Lipinski definition) is 1. The van der Waals surface area contributed by atoms with Crippen LogP contribution in [0.25, 0.3) is 0 Å². The molecule has 0 amide bonds. The van der Waals surface area contributed by atoms with E-state index < -0.39 is 0 Å². The maximum Gasteiger partial charge on any atom is 0.263 e. The number of H-pyrrole nitrogens is 1. The predicted octanol–water partition coefficient (Wildman–Crippen LogP) is 0.665. The molecule has 1 aromatic heterocycles. The van der Waals surface area contributed by atoms with Crippen LogP contribution in [-0.2, 0) is 0 Å². The molecule has 0 aliphatic carbocycles. The summed E-state index contributed by atoms with van der Waals surface area (Å²) in [6.45, 7) is 1.81. The molecule has 0 bridgehead atoms. The van der Waals surface area contributed by atoms with Gasteiger partial charge in [0.2, 0.25) is 0 Å². The zero-order chi connectivity index (χ0) is 7.56. The third-order valence-electron chi connectivity index (χ3n) is 1.31. The highest BCUT2D eigenvalue weighted by molar-refractivity contribution is 5.35. The Balaban J connectivity index is 3.50. The molecule has 0 saturated heterocycles. The van der Waals surface area contributed by atoms with E-state index in [-0.39, 0.29) is 5.56 Å². The maximum atomic E-state index is 10.9. The average molecular weight is 133 g/mol. The van der Waals surface area contributed by atoms with Gasteiger partial charge in [0, 0.05) is 6.20 Å². The fraction of sp³-hybridized carbons (Fsp3) is 0.125. The van der Waals surface area contributed by atoms with Crippen LogP contribution in [-0.4, -0.2) is 4.98 Å². The molecular weight excluding hydrogens is 126 g/mol. The van der Waals surface area contributed by atoms with E-state index in [0.717, 1.165) is 5.56 Å². The van der Waals surface area contributed by atoms with Crippen molar-refractivity contribution in [3.05, 3.63) is 33.7 Å². The number of aromatic amines is 1. The van der Waals surface area contributed by atoms with Crippen LogP contribution in [0, 0.1) is 19.3 Å². The number of pyridine rings is 1. The Hall–Kier alpha value is -1.49. The van der Waals surface area contributed by atoms with Gasteiger partial charge < -0.3 is 4.98 Å². The smallest absolute Gasteiger partial charge is 0.263 e. The van der Waals surface area contributed by atoms with Crippen LogP contribution >= 0.6 is 0 Å². The number of aryl methyl sites for hydroxylation is 1. The van der Waals surface area contributed by atoms with Crippen molar-refractivity contribution in [2.45, 2.75) is 6.92 Å². The second-order valence-corrected chi connectivity index (χ2v) is 2.01. The summed E-state index contributed by atoms with van der Waals surface area (Å²) in [6.07, 6.45) is 6.66. The van der Waals surface area contributed by atoms with Gasteiger partial charge in [-0.15, -0.1) is 6.42 Å². The minimum Gasteiger partial charge on any atom is -0.328 e. The largest absolute Gasteiger partial charge is 0.328 e. The third-order valence-corrected chi connectivity index (χ3v) is 1.31. The van der Waals surface area contributed by atoms with Crippen LogP contribution in [0.1, 0.15) is 11.1 Å². The summed E-state index contributed by atoms with van der Waals surface area (Å²) in [5, 5.41) is 0. The molecule has 2 heteroatoms. The van der Waals surface area contributed by atoms with Gasteiger partial charge in [0.1, 0.15) is 0 Å². The van der Waals surface area contributed by atoms with E-state index in [9.17, 15) is 4.79 Å². The number of rotatable bonds is 0. The lowest BCUT2D eigenvalue weighted by atomic mass is 10.2. The average Bonchev–Trinajstić information content (AvgIpc) is 1.88. The molecule has 0 aromatic carbocycles. The normalized spacial score (nSPS) is 8.80. The fourth-order valence-corrected chi connectivity index (χ4v) is 0.756. The summed E-state index contributed by atoms with van der Waals surface area (Å²) >= 11 is 0. The first-order valence-corrected chi connectivity index (χ1v) is 2.90. The molecule has 1 aromatic rings. The second kappa shape index (κ2) is 2.40. The van der Waals surface area contributed by atoms with E-state index in [0.29, 0.717) is 5.56 Å². The van der Waals surface area contributed by atoms with Crippen LogP contribution in [0.5, 0.6) is 0 Å². The molecule has 1 N–H and O–H groups in total. The first kappa shape index (κ1) is 6.63. The van der Waals surface area contributed by atoms with Crippen molar-refractivity contribution < 1.29 is 0 Å². The SMILES string of the molecule is C#Cc1c(C)cc[nH]c1=O. The van der Waals surface area contributed by atoms with Crippen LogP contribution in [0.4, 0.5) is 0 Å². The Labute approximate surface area is 58.9 Å². The monoisotopic (exact) mass is 133 g/mol. The highest BCUT2D eigenvalue weighted by Crippen LogP contribution is 1.95. The van der Waals surface area contributed by atoms with Crippen molar-refractivity contribution in [1.29, 1.82) is 0 Å². The van der Waals surface area contributed by atoms with E-state index in [4.69, 9.17) is 6.42 Å². The minimum atomic E-state index is -0.192. The van der Waals surface area contributed by atoms with Crippen LogP contribution in [0.15, 0.2) is 17.1 Å². The van der Waals surface area contributed by atoms with E-state index in [1.807, 2.05) is 6.92 Å². The molecule has 0 unspecified atom stereocenters. The van der Waals surface area contributed by atoms with Crippen LogP contribution in [0.2, 0.25) is 0 Å². The van der Waals surface area contributed by atoms with Crippen molar-refractivity contribution in [2.24, 2.45) is 0 Å². The molecular formula is C8H7NO. The van der Waals surface area contributed by atoms with E-state index in [1.54, 1.807) is 12.3 Å². The Morgan fingerprint density at radius 3 is 2.80 bits per heavy atom. The zero-order valence-electron chi connectivity index (χ0n) is 5.64. The minimum absolute atomic E-state index is 0.192. The number of terminal acetylenes is 1. The lowest BCUT2D eigenvalue weighted by Gasteiger charge is -1.92. The van der Waals surface area contributed by atoms with Gasteiger partial charge in [-0.05, 0) is 18.6 Å². The van der Waals surface area contributed by atoms with Gasteiger partial charge >= 0.3 is 0 Å². The van der Waals surface area contributed by atoms with Gasteiger partial charge in [0.15, 0.2) is 0 Å². The molecule has 2 nitrogen and oxygen atoms in total. The highest BCUT2D eigenvalue weighted by atomic mass is 16.1. The van der Waals surface area contributed by atoms with Gasteiger partial charge in [-0.1, -0.05) is 5.92 Å². The summed E-state index contributed by atoms with van der Waals surface area (Å²) in [5.74, 6) is 2.32. The summed E-state index contributed by atoms with van der Waals surface area (Å²) in [4.78, 5) is 13.4. The predicted molar refractivity (Wildman–Crippen MR) is 39.7 cm³/mol. The fourth-order valence-electron chi connectivity index (χ4n) is 0.756. The molecule has 0 aliphatic heterocycles. The summed E-state index contributed by atoms with van der Waals surface area (Å²) < 4.78 is 0. The van der Waals surface area contributed by atoms with Gasteiger partial charge in [-0.25, -0.2) is 0 Å². The second-order valence-electron chi connectivity index (χ2n) is 2.01. The molecule has 1 rings (SSSR count). The Morgan fingerprint density at radius 2 is 2.40 bits per heavy atom. The molecule has 0 aliphatic rings. The lowest BCUT2D eigenvalue weighted by Crippen LogP contribution is -2.09. The molecule has 0 spiro atoms. The van der Waals surface area contributed by atoms with Crippen molar-refractivity contribution >= 4 is 0 Å². The molecule has 50 valence electrons. The van der Waals surface area contributed by atoms with Gasteiger partial charge in [-0.2, -0.15) is 0 Å². The molecule has 10 heavy (non-hydrogen) atoms. The molecule has 1 heterocycles. The van der Waals surface area contributed by atoms with Gasteiger partial charge in [0.05, 0.1) is 5.56 Å². The van der Waals surface area contributed by atoms with Gasteiger partial charge in [0.25, 0.3) is 5.56 Å². The summed E-state index contributed by atoms with van der Waals surface area (Å²) in [6, 6.07) is 1.77. The first-order chi connectivity index (χ1) is 4.75. The Kier molecular flexibility index (Phi) is 1.59. The molecule has 0 radical (unpaired) electrons. The van der Waals surface area contributed by atoms with Crippen molar-refractivity contribution in [2.75, 3.05) is 0 Å². The summed E-state index contributed by atoms with van der Waals surface area (Å²) in [7, 11) is 0. The standard InChI is InChI=1S/C8H7NO/c1-3-7-6(2)4-5-9-8(7)10/h1,4-5H,2H3,(H,9,10). The number of nitrogens with one attached hydrogen (secondary N) is 1. The number of hydrogen-bond donors (Lipinski definition) is 1. The molecule has 0 fully saturated rings. The maximum absolute atomic E-state index is 10.9. The van der Waals surface area contributed by atoms with E-state index >= 15 is 0 Å². The third kappa shape index (κ3) is 0.939.